The summed E-state index contributed by atoms with van der Waals surface area (Å²) in [5, 5.41) is 3.58. The topological polar surface area (TPSA) is 86.8 Å². The van der Waals surface area contributed by atoms with Gasteiger partial charge in [-0.1, -0.05) is 110 Å². The van der Waals surface area contributed by atoms with Crippen molar-refractivity contribution in [1.82, 2.24) is 10.2 Å². The molecule has 0 unspecified atom stereocenters. The van der Waals surface area contributed by atoms with Gasteiger partial charge in [0.25, 0.3) is 10.0 Å². The van der Waals surface area contributed by atoms with Crippen LogP contribution in [0.2, 0.25) is 5.02 Å². The number of hydrogen-bond acceptors (Lipinski definition) is 4. The van der Waals surface area contributed by atoms with Crippen LogP contribution < -0.4 is 9.62 Å². The Kier molecular flexibility index (Phi) is 11.1. The zero-order valence-electron chi connectivity index (χ0n) is 26.0. The highest BCUT2D eigenvalue weighted by molar-refractivity contribution is 7.92. The van der Waals surface area contributed by atoms with Crippen molar-refractivity contribution in [2.75, 3.05) is 10.8 Å². The molecule has 5 rings (SSSR count). The molecule has 0 heterocycles. The number of sulfonamides is 1. The molecule has 1 saturated carbocycles. The average Bonchev–Trinajstić information content (AvgIpc) is 3.07. The zero-order valence-corrected chi connectivity index (χ0v) is 27.6. The number of rotatable bonds is 12. The van der Waals surface area contributed by atoms with Gasteiger partial charge in [0.05, 0.1) is 10.6 Å². The number of carbonyl (C=O) groups excluding carboxylic acids is 2. The smallest absolute Gasteiger partial charge is 0.264 e. The number of aryl methyl sites for hydroxylation is 1. The summed E-state index contributed by atoms with van der Waals surface area (Å²) < 4.78 is 29.3. The number of carbonyl (C=O) groups is 2. The first-order valence-corrected chi connectivity index (χ1v) is 17.6. The Labute approximate surface area is 277 Å². The number of nitrogens with one attached hydrogen (secondary N) is 1. The highest BCUT2D eigenvalue weighted by Crippen LogP contribution is 2.27. The second-order valence-electron chi connectivity index (χ2n) is 11.8. The van der Waals surface area contributed by atoms with Crippen molar-refractivity contribution < 1.29 is 18.0 Å². The molecule has 1 atom stereocenters. The molecule has 0 saturated heterocycles. The van der Waals surface area contributed by atoms with Gasteiger partial charge in [-0.25, -0.2) is 8.42 Å². The van der Waals surface area contributed by atoms with Gasteiger partial charge in [-0.3, -0.25) is 13.9 Å². The average molecular weight is 658 g/mol. The van der Waals surface area contributed by atoms with Gasteiger partial charge >= 0.3 is 0 Å². The van der Waals surface area contributed by atoms with Crippen LogP contribution in [-0.2, 0) is 32.6 Å². The molecule has 1 fully saturated rings. The predicted octanol–water partition coefficient (Wildman–Crippen LogP) is 6.93. The molecule has 0 radical (unpaired) electrons. The minimum Gasteiger partial charge on any atom is -0.352 e. The van der Waals surface area contributed by atoms with E-state index in [1.807, 2.05) is 61.5 Å². The maximum atomic E-state index is 14.6. The number of amides is 2. The minimum atomic E-state index is -4.18. The number of anilines is 1. The van der Waals surface area contributed by atoms with Gasteiger partial charge in [-0.2, -0.15) is 0 Å². The Hall–Kier alpha value is -4.14. The first kappa shape index (κ1) is 33.2. The lowest BCUT2D eigenvalue weighted by Crippen LogP contribution is -2.55. The van der Waals surface area contributed by atoms with Crippen LogP contribution in [0.5, 0.6) is 0 Å². The maximum Gasteiger partial charge on any atom is 0.264 e. The van der Waals surface area contributed by atoms with Crippen LogP contribution in [0.1, 0.15) is 48.8 Å². The van der Waals surface area contributed by atoms with Gasteiger partial charge in [-0.15, -0.1) is 0 Å². The maximum absolute atomic E-state index is 14.6. The quantitative estimate of drug-likeness (QED) is 0.179. The predicted molar refractivity (Wildman–Crippen MR) is 183 cm³/mol. The Morgan fingerprint density at radius 3 is 2.17 bits per heavy atom. The molecule has 1 aliphatic carbocycles. The molecule has 240 valence electrons. The van der Waals surface area contributed by atoms with E-state index in [-0.39, 0.29) is 35.5 Å². The fraction of sp³-hybridized carbons (Fsp3) is 0.297. The molecule has 0 bridgehead atoms. The summed E-state index contributed by atoms with van der Waals surface area (Å²) in [6.45, 7) is 1.58. The highest BCUT2D eigenvalue weighted by Gasteiger charge is 2.35. The first-order chi connectivity index (χ1) is 22.2. The highest BCUT2D eigenvalue weighted by atomic mass is 35.5. The van der Waals surface area contributed by atoms with Crippen molar-refractivity contribution >= 4 is 39.1 Å². The lowest BCUT2D eigenvalue weighted by Gasteiger charge is -2.35. The summed E-state index contributed by atoms with van der Waals surface area (Å²) in [6, 6.07) is 30.9. The standard InChI is InChI=1S/C37H40ClN3O4S/c1-28-14-11-12-17-30(28)26-40(35(24-29-15-5-2-6-16-29)37(43)39-32-19-7-3-8-20-32)36(42)27-41(33-21-13-18-31(38)25-33)46(44,45)34-22-9-4-10-23-34/h2,4-6,9-18,21-23,25,32,35H,3,7-8,19-20,24,26-27H2,1H3,(H,39,43)/t35-/m0/s1. The summed E-state index contributed by atoms with van der Waals surface area (Å²) in [5.41, 5.74) is 3.00. The Morgan fingerprint density at radius 1 is 0.848 bits per heavy atom. The summed E-state index contributed by atoms with van der Waals surface area (Å²) in [6.07, 6.45) is 5.31. The molecular weight excluding hydrogens is 618 g/mol. The summed E-state index contributed by atoms with van der Waals surface area (Å²) >= 11 is 6.31. The zero-order chi connectivity index (χ0) is 32.5. The molecule has 1 N–H and O–H groups in total. The van der Waals surface area contributed by atoms with Gasteiger partial charge in [-0.05, 0) is 66.8 Å². The fourth-order valence-electron chi connectivity index (χ4n) is 5.95. The van der Waals surface area contributed by atoms with E-state index in [0.717, 1.165) is 53.1 Å². The molecule has 4 aromatic carbocycles. The van der Waals surface area contributed by atoms with Crippen LogP contribution in [0.3, 0.4) is 0 Å². The minimum absolute atomic E-state index is 0.0383. The van der Waals surface area contributed by atoms with Crippen molar-refractivity contribution in [3.63, 3.8) is 0 Å². The third-order valence-electron chi connectivity index (χ3n) is 8.53. The summed E-state index contributed by atoms with van der Waals surface area (Å²) in [7, 11) is -4.18. The molecule has 0 spiro atoms. The lowest BCUT2D eigenvalue weighted by atomic mass is 9.94. The normalized spacial score (nSPS) is 14.3. The van der Waals surface area contributed by atoms with Gasteiger partial charge in [0.15, 0.2) is 0 Å². The SMILES string of the molecule is Cc1ccccc1CN(C(=O)CN(c1cccc(Cl)c1)S(=O)(=O)c1ccccc1)[C@@H](Cc1ccccc1)C(=O)NC1CCCCC1. The molecule has 46 heavy (non-hydrogen) atoms. The van der Waals surface area contributed by atoms with Crippen molar-refractivity contribution in [2.24, 2.45) is 0 Å². The van der Waals surface area contributed by atoms with Crippen molar-refractivity contribution in [1.29, 1.82) is 0 Å². The van der Waals surface area contributed by atoms with Crippen molar-refractivity contribution in [3.05, 3.63) is 131 Å². The van der Waals surface area contributed by atoms with E-state index >= 15 is 0 Å². The van der Waals surface area contributed by atoms with E-state index in [1.165, 1.54) is 18.2 Å². The molecule has 7 nitrogen and oxygen atoms in total. The monoisotopic (exact) mass is 657 g/mol. The van der Waals surface area contributed by atoms with E-state index < -0.39 is 28.5 Å². The first-order valence-electron chi connectivity index (χ1n) is 15.7. The van der Waals surface area contributed by atoms with Gasteiger partial charge in [0.1, 0.15) is 12.6 Å². The Bertz CT molecular complexity index is 1730. The molecule has 2 amide bonds. The third-order valence-corrected chi connectivity index (χ3v) is 10.6. The Balaban J connectivity index is 1.56. The van der Waals surface area contributed by atoms with Crippen LogP contribution in [0.25, 0.3) is 0 Å². The van der Waals surface area contributed by atoms with E-state index in [0.29, 0.717) is 5.02 Å². The van der Waals surface area contributed by atoms with Crippen molar-refractivity contribution in [3.8, 4) is 0 Å². The van der Waals surface area contributed by atoms with Gasteiger partial charge in [0.2, 0.25) is 11.8 Å². The number of hydrogen-bond donors (Lipinski definition) is 1. The van der Waals surface area contributed by atoms with Crippen LogP contribution in [0, 0.1) is 6.92 Å². The molecular formula is C37H40ClN3O4S. The second-order valence-corrected chi connectivity index (χ2v) is 14.1. The number of benzene rings is 4. The molecule has 1 aliphatic rings. The lowest BCUT2D eigenvalue weighted by molar-refractivity contribution is -0.140. The van der Waals surface area contributed by atoms with Crippen LogP contribution >= 0.6 is 11.6 Å². The molecule has 0 aliphatic heterocycles. The van der Waals surface area contributed by atoms with E-state index in [4.69, 9.17) is 11.6 Å². The number of nitrogens with zero attached hydrogens (tertiary/aromatic N) is 2. The number of halogens is 1. The molecule has 4 aromatic rings. The Morgan fingerprint density at radius 2 is 1.50 bits per heavy atom. The fourth-order valence-corrected chi connectivity index (χ4v) is 7.56. The van der Waals surface area contributed by atoms with Crippen LogP contribution in [0.15, 0.2) is 114 Å². The van der Waals surface area contributed by atoms with Crippen LogP contribution in [0.4, 0.5) is 5.69 Å². The van der Waals surface area contributed by atoms with E-state index in [2.05, 4.69) is 5.32 Å². The van der Waals surface area contributed by atoms with E-state index in [9.17, 15) is 18.0 Å². The summed E-state index contributed by atoms with van der Waals surface area (Å²) in [4.78, 5) is 30.4. The van der Waals surface area contributed by atoms with Crippen molar-refractivity contribution in [2.45, 2.75) is 69.0 Å². The van der Waals surface area contributed by atoms with Crippen LogP contribution in [-0.4, -0.2) is 43.8 Å². The second kappa shape index (κ2) is 15.4. The largest absolute Gasteiger partial charge is 0.352 e. The van der Waals surface area contributed by atoms with Gasteiger partial charge in [0, 0.05) is 24.0 Å². The third kappa shape index (κ3) is 8.36. The van der Waals surface area contributed by atoms with E-state index in [1.54, 1.807) is 41.3 Å². The summed E-state index contributed by atoms with van der Waals surface area (Å²) in [5.74, 6) is -0.736. The molecule has 0 aromatic heterocycles. The molecule has 9 heteroatoms. The van der Waals surface area contributed by atoms with Gasteiger partial charge < -0.3 is 10.2 Å².